The monoisotopic (exact) mass is 330 g/mol. The van der Waals surface area contributed by atoms with Crippen LogP contribution in [0.3, 0.4) is 0 Å². The lowest BCUT2D eigenvalue weighted by molar-refractivity contribution is 0.603. The Hall–Kier alpha value is -2.38. The van der Waals surface area contributed by atoms with Crippen LogP contribution in [0.4, 0.5) is 4.39 Å². The number of nitrogens with one attached hydrogen (secondary N) is 1. The van der Waals surface area contributed by atoms with E-state index in [1.807, 2.05) is 7.05 Å². The van der Waals surface area contributed by atoms with Crippen LogP contribution in [-0.2, 0) is 17.3 Å². The van der Waals surface area contributed by atoms with E-state index in [1.165, 1.54) is 22.9 Å². The van der Waals surface area contributed by atoms with Gasteiger partial charge in [0, 0.05) is 31.3 Å². The molecule has 0 aliphatic rings. The van der Waals surface area contributed by atoms with Crippen LogP contribution in [0, 0.1) is 5.82 Å². The van der Waals surface area contributed by atoms with Crippen molar-refractivity contribution in [3.63, 3.8) is 0 Å². The summed E-state index contributed by atoms with van der Waals surface area (Å²) in [5.41, 5.74) is 0.893. The number of nitrogens with zero attached hydrogens (tertiary/aromatic N) is 3. The predicted octanol–water partition coefficient (Wildman–Crippen LogP) is 2.29. The molecule has 3 rings (SSSR count). The Balaban J connectivity index is 2.12. The van der Waals surface area contributed by atoms with E-state index in [0.29, 0.717) is 16.5 Å². The minimum atomic E-state index is -1.48. The van der Waals surface area contributed by atoms with Crippen LogP contribution < -0.4 is 5.32 Å². The second-order valence-electron chi connectivity index (χ2n) is 4.85. The molecule has 0 aliphatic heterocycles. The Bertz CT molecular complexity index is 835. The normalized spacial score (nSPS) is 12.3. The van der Waals surface area contributed by atoms with Crippen LogP contribution in [0.2, 0.25) is 0 Å². The molecule has 0 saturated carbocycles. The van der Waals surface area contributed by atoms with Crippen LogP contribution in [0.25, 0.3) is 5.82 Å². The van der Waals surface area contributed by atoms with Crippen molar-refractivity contribution in [3.8, 4) is 5.82 Å². The Morgan fingerprint density at radius 1 is 1.30 bits per heavy atom. The molecule has 1 unspecified atom stereocenters. The maximum Gasteiger partial charge on any atom is 0.173 e. The fraction of sp³-hybridized carbons (Fsp3) is 0.125. The van der Waals surface area contributed by atoms with Gasteiger partial charge in [0.15, 0.2) is 11.6 Å². The van der Waals surface area contributed by atoms with E-state index >= 15 is 0 Å². The largest absolute Gasteiger partial charge is 0.316 e. The lowest BCUT2D eigenvalue weighted by Gasteiger charge is -2.08. The van der Waals surface area contributed by atoms with Crippen molar-refractivity contribution in [2.24, 2.45) is 0 Å². The van der Waals surface area contributed by atoms with Gasteiger partial charge in [-0.25, -0.2) is 13.6 Å². The maximum atomic E-state index is 14.1. The molecule has 3 heterocycles. The second kappa shape index (κ2) is 6.80. The molecule has 0 saturated heterocycles. The lowest BCUT2D eigenvalue weighted by Crippen LogP contribution is -2.06. The van der Waals surface area contributed by atoms with E-state index in [4.69, 9.17) is 0 Å². The van der Waals surface area contributed by atoms with E-state index in [0.717, 1.165) is 5.56 Å². The Labute approximate surface area is 135 Å². The summed E-state index contributed by atoms with van der Waals surface area (Å²) < 4.78 is 28.5. The Morgan fingerprint density at radius 3 is 2.83 bits per heavy atom. The van der Waals surface area contributed by atoms with Crippen LogP contribution in [0.5, 0.6) is 0 Å². The molecule has 1 N–H and O–H groups in total. The van der Waals surface area contributed by atoms with Gasteiger partial charge in [-0.2, -0.15) is 0 Å². The topological polar surface area (TPSA) is 59.8 Å². The van der Waals surface area contributed by atoms with Crippen molar-refractivity contribution < 1.29 is 8.60 Å². The first kappa shape index (κ1) is 15.5. The number of rotatable bonds is 5. The highest BCUT2D eigenvalue weighted by Crippen LogP contribution is 2.23. The van der Waals surface area contributed by atoms with Gasteiger partial charge < -0.3 is 5.32 Å². The van der Waals surface area contributed by atoms with Gasteiger partial charge in [-0.15, -0.1) is 0 Å². The Morgan fingerprint density at radius 2 is 2.13 bits per heavy atom. The van der Waals surface area contributed by atoms with Crippen molar-refractivity contribution in [1.82, 2.24) is 19.9 Å². The molecule has 0 amide bonds. The smallest absolute Gasteiger partial charge is 0.173 e. The van der Waals surface area contributed by atoms with Gasteiger partial charge in [0.05, 0.1) is 4.90 Å². The molecule has 3 aromatic heterocycles. The molecule has 5 nitrogen and oxygen atoms in total. The van der Waals surface area contributed by atoms with Gasteiger partial charge in [-0.05, 0) is 42.9 Å². The van der Waals surface area contributed by atoms with Gasteiger partial charge in [-0.1, -0.05) is 0 Å². The van der Waals surface area contributed by atoms with Crippen molar-refractivity contribution in [3.05, 3.63) is 66.5 Å². The van der Waals surface area contributed by atoms with Gasteiger partial charge in [0.2, 0.25) is 0 Å². The van der Waals surface area contributed by atoms with Crippen LogP contribution in [-0.4, -0.2) is 25.8 Å². The van der Waals surface area contributed by atoms with Gasteiger partial charge >= 0.3 is 0 Å². The number of hydrogen-bond acceptors (Lipinski definition) is 4. The van der Waals surface area contributed by atoms with Crippen molar-refractivity contribution in [2.75, 3.05) is 7.05 Å². The molecule has 0 aromatic carbocycles. The molecule has 0 fully saturated rings. The predicted molar refractivity (Wildman–Crippen MR) is 85.2 cm³/mol. The number of pyridine rings is 2. The van der Waals surface area contributed by atoms with E-state index < -0.39 is 16.6 Å². The third-order valence-electron chi connectivity index (χ3n) is 3.23. The summed E-state index contributed by atoms with van der Waals surface area (Å²) >= 11 is 0. The zero-order valence-corrected chi connectivity index (χ0v) is 13.3. The fourth-order valence-electron chi connectivity index (χ4n) is 2.24. The molecule has 118 valence electrons. The van der Waals surface area contributed by atoms with Crippen molar-refractivity contribution in [2.45, 2.75) is 16.5 Å². The first-order valence-corrected chi connectivity index (χ1v) is 8.14. The average Bonchev–Trinajstić information content (AvgIpc) is 2.99. The van der Waals surface area contributed by atoms with Crippen molar-refractivity contribution in [1.29, 1.82) is 0 Å². The quantitative estimate of drug-likeness (QED) is 0.780. The second-order valence-corrected chi connectivity index (χ2v) is 6.28. The molecule has 23 heavy (non-hydrogen) atoms. The van der Waals surface area contributed by atoms with Gasteiger partial charge in [0.25, 0.3) is 0 Å². The highest BCUT2D eigenvalue weighted by atomic mass is 32.2. The maximum absolute atomic E-state index is 14.1. The lowest BCUT2D eigenvalue weighted by atomic mass is 10.3. The minimum Gasteiger partial charge on any atom is -0.316 e. The first-order chi connectivity index (χ1) is 11.2. The van der Waals surface area contributed by atoms with Crippen LogP contribution in [0.15, 0.2) is 65.0 Å². The summed E-state index contributed by atoms with van der Waals surface area (Å²) in [7, 11) is 0.332. The third kappa shape index (κ3) is 3.20. The molecule has 3 aromatic rings. The molecule has 7 heteroatoms. The van der Waals surface area contributed by atoms with E-state index in [2.05, 4.69) is 15.3 Å². The minimum absolute atomic E-state index is 0.127. The van der Waals surface area contributed by atoms with Crippen LogP contribution in [0.1, 0.15) is 5.56 Å². The molecule has 0 radical (unpaired) electrons. The van der Waals surface area contributed by atoms with Crippen LogP contribution >= 0.6 is 0 Å². The zero-order chi connectivity index (χ0) is 16.2. The molecule has 0 spiro atoms. The highest BCUT2D eigenvalue weighted by Gasteiger charge is 2.18. The highest BCUT2D eigenvalue weighted by molar-refractivity contribution is 7.85. The molecule has 1 atom stereocenters. The summed E-state index contributed by atoms with van der Waals surface area (Å²) in [6.07, 6.45) is 6.41. The van der Waals surface area contributed by atoms with Gasteiger partial charge in [0.1, 0.15) is 15.8 Å². The summed E-state index contributed by atoms with van der Waals surface area (Å²) in [4.78, 5) is 8.62. The number of hydrogen-bond donors (Lipinski definition) is 1. The average molecular weight is 330 g/mol. The van der Waals surface area contributed by atoms with E-state index in [9.17, 15) is 8.60 Å². The SMILES string of the molecule is CNCc1cc(S(=O)c2cccnc2)n(-c2ncccc2F)c1. The Kier molecular flexibility index (Phi) is 4.59. The molecular weight excluding hydrogens is 315 g/mol. The summed E-state index contributed by atoms with van der Waals surface area (Å²) in [6, 6.07) is 8.09. The first-order valence-electron chi connectivity index (χ1n) is 6.99. The standard InChI is InChI=1S/C16H15FN4OS/c1-18-9-12-8-15(23(22)13-4-2-6-19-10-13)21(11-12)16-14(17)5-3-7-20-16/h2-8,10-11,18H,9H2,1H3. The zero-order valence-electron chi connectivity index (χ0n) is 12.4. The van der Waals surface area contributed by atoms with Gasteiger partial charge in [-0.3, -0.25) is 9.55 Å². The van der Waals surface area contributed by atoms with E-state index in [-0.39, 0.29) is 5.82 Å². The number of aromatic nitrogens is 3. The number of halogens is 1. The third-order valence-corrected chi connectivity index (χ3v) is 4.59. The molecule has 0 bridgehead atoms. The molecular formula is C16H15FN4OS. The van der Waals surface area contributed by atoms with Crippen molar-refractivity contribution >= 4 is 10.8 Å². The molecule has 0 aliphatic carbocycles. The fourth-order valence-corrected chi connectivity index (χ4v) is 3.41. The van der Waals surface area contributed by atoms with E-state index in [1.54, 1.807) is 36.8 Å². The summed E-state index contributed by atoms with van der Waals surface area (Å²) in [5, 5.41) is 3.49. The summed E-state index contributed by atoms with van der Waals surface area (Å²) in [6.45, 7) is 0.582. The summed E-state index contributed by atoms with van der Waals surface area (Å²) in [5.74, 6) is -0.342.